The lowest BCUT2D eigenvalue weighted by Crippen LogP contribution is -2.44. The monoisotopic (exact) mass is 172 g/mol. The van der Waals surface area contributed by atoms with E-state index >= 15 is 0 Å². The SMILES string of the molecule is CC(C)[C@H]1CC[C@@H](C)[C@H](O)[C@@H]1O. The third-order valence-electron chi connectivity index (χ3n) is 3.18. The van der Waals surface area contributed by atoms with Crippen LogP contribution >= 0.6 is 0 Å². The van der Waals surface area contributed by atoms with Gasteiger partial charge in [-0.1, -0.05) is 20.8 Å². The van der Waals surface area contributed by atoms with E-state index in [0.29, 0.717) is 5.92 Å². The van der Waals surface area contributed by atoms with Gasteiger partial charge in [-0.15, -0.1) is 0 Å². The third kappa shape index (κ3) is 1.80. The molecule has 0 bridgehead atoms. The minimum absolute atomic E-state index is 0.259. The first-order valence-corrected chi connectivity index (χ1v) is 4.90. The van der Waals surface area contributed by atoms with E-state index in [0.717, 1.165) is 12.8 Å². The summed E-state index contributed by atoms with van der Waals surface area (Å²) in [5, 5.41) is 19.3. The molecule has 2 nitrogen and oxygen atoms in total. The summed E-state index contributed by atoms with van der Waals surface area (Å²) in [4.78, 5) is 0. The number of rotatable bonds is 1. The molecule has 1 saturated carbocycles. The van der Waals surface area contributed by atoms with Crippen LogP contribution in [0.25, 0.3) is 0 Å². The Kier molecular flexibility index (Phi) is 3.13. The molecule has 0 aromatic carbocycles. The van der Waals surface area contributed by atoms with Crippen molar-refractivity contribution in [1.29, 1.82) is 0 Å². The summed E-state index contributed by atoms with van der Waals surface area (Å²) in [5.41, 5.74) is 0. The minimum Gasteiger partial charge on any atom is -0.390 e. The zero-order valence-corrected chi connectivity index (χ0v) is 8.20. The Labute approximate surface area is 74.6 Å². The van der Waals surface area contributed by atoms with Crippen molar-refractivity contribution in [3.8, 4) is 0 Å². The van der Waals surface area contributed by atoms with E-state index in [2.05, 4.69) is 13.8 Å². The van der Waals surface area contributed by atoms with Crippen molar-refractivity contribution >= 4 is 0 Å². The minimum atomic E-state index is -0.508. The van der Waals surface area contributed by atoms with Gasteiger partial charge in [0.1, 0.15) is 0 Å². The second kappa shape index (κ2) is 3.75. The highest BCUT2D eigenvalue weighted by Gasteiger charge is 2.36. The molecule has 0 amide bonds. The van der Waals surface area contributed by atoms with Crippen LogP contribution in [0.3, 0.4) is 0 Å². The highest BCUT2D eigenvalue weighted by Crippen LogP contribution is 2.33. The lowest BCUT2D eigenvalue weighted by Gasteiger charge is -2.38. The van der Waals surface area contributed by atoms with Gasteiger partial charge in [-0.2, -0.15) is 0 Å². The van der Waals surface area contributed by atoms with E-state index in [-0.39, 0.29) is 11.8 Å². The molecule has 1 aliphatic rings. The topological polar surface area (TPSA) is 40.5 Å². The number of aliphatic hydroxyl groups excluding tert-OH is 2. The summed E-state index contributed by atoms with van der Waals surface area (Å²) >= 11 is 0. The van der Waals surface area contributed by atoms with Gasteiger partial charge < -0.3 is 10.2 Å². The fourth-order valence-electron chi connectivity index (χ4n) is 2.11. The van der Waals surface area contributed by atoms with Crippen molar-refractivity contribution in [2.24, 2.45) is 17.8 Å². The third-order valence-corrected chi connectivity index (χ3v) is 3.18. The molecular formula is C10H20O2. The molecule has 0 aromatic heterocycles. The van der Waals surface area contributed by atoms with E-state index in [9.17, 15) is 10.2 Å². The van der Waals surface area contributed by atoms with Gasteiger partial charge in [-0.05, 0) is 30.6 Å². The summed E-state index contributed by atoms with van der Waals surface area (Å²) in [7, 11) is 0. The smallest absolute Gasteiger partial charge is 0.0832 e. The summed E-state index contributed by atoms with van der Waals surface area (Å²) in [6.07, 6.45) is 1.08. The maximum Gasteiger partial charge on any atom is 0.0832 e. The maximum absolute atomic E-state index is 9.73. The summed E-state index contributed by atoms with van der Waals surface area (Å²) in [6, 6.07) is 0. The van der Waals surface area contributed by atoms with Crippen LogP contribution in [0.4, 0.5) is 0 Å². The molecule has 0 radical (unpaired) electrons. The molecule has 0 unspecified atom stereocenters. The van der Waals surface area contributed by atoms with Crippen molar-refractivity contribution in [3.63, 3.8) is 0 Å². The first-order valence-electron chi connectivity index (χ1n) is 4.90. The van der Waals surface area contributed by atoms with Gasteiger partial charge in [0.15, 0.2) is 0 Å². The van der Waals surface area contributed by atoms with E-state index in [4.69, 9.17) is 0 Å². The van der Waals surface area contributed by atoms with Crippen LogP contribution in [0.1, 0.15) is 33.6 Å². The molecule has 1 aliphatic carbocycles. The Hall–Kier alpha value is -0.0800. The zero-order valence-electron chi connectivity index (χ0n) is 8.20. The molecule has 0 spiro atoms. The first-order chi connectivity index (χ1) is 5.54. The molecule has 0 aliphatic heterocycles. The van der Waals surface area contributed by atoms with E-state index in [1.54, 1.807) is 0 Å². The fourth-order valence-corrected chi connectivity index (χ4v) is 2.11. The zero-order chi connectivity index (χ0) is 9.30. The van der Waals surface area contributed by atoms with Gasteiger partial charge in [0.2, 0.25) is 0 Å². The quantitative estimate of drug-likeness (QED) is 0.628. The number of aliphatic hydroxyl groups is 2. The molecule has 2 N–H and O–H groups in total. The molecule has 12 heavy (non-hydrogen) atoms. The average Bonchev–Trinajstić information content (AvgIpc) is 2.00. The second-order valence-corrected chi connectivity index (χ2v) is 4.44. The Bertz CT molecular complexity index is 145. The molecule has 1 rings (SSSR count). The summed E-state index contributed by atoms with van der Waals surface area (Å²) in [6.45, 7) is 6.22. The number of hydrogen-bond donors (Lipinski definition) is 2. The standard InChI is InChI=1S/C10H20O2/c1-6(2)8-5-4-7(3)9(11)10(8)12/h6-12H,4-5H2,1-3H3/t7-,8-,9+,10-/m1/s1. The Morgan fingerprint density at radius 1 is 1.08 bits per heavy atom. The second-order valence-electron chi connectivity index (χ2n) is 4.44. The molecular weight excluding hydrogens is 152 g/mol. The molecule has 0 heterocycles. The average molecular weight is 172 g/mol. The van der Waals surface area contributed by atoms with Crippen LogP contribution in [0.2, 0.25) is 0 Å². The van der Waals surface area contributed by atoms with E-state index < -0.39 is 12.2 Å². The van der Waals surface area contributed by atoms with Crippen LogP contribution in [0.5, 0.6) is 0 Å². The van der Waals surface area contributed by atoms with Crippen LogP contribution in [-0.4, -0.2) is 22.4 Å². The van der Waals surface area contributed by atoms with Crippen LogP contribution in [0, 0.1) is 17.8 Å². The molecule has 0 saturated heterocycles. The van der Waals surface area contributed by atoms with Crippen molar-refractivity contribution < 1.29 is 10.2 Å². The molecule has 0 aromatic rings. The predicted molar refractivity (Wildman–Crippen MR) is 48.7 cm³/mol. The van der Waals surface area contributed by atoms with Crippen molar-refractivity contribution in [2.75, 3.05) is 0 Å². The summed E-state index contributed by atoms with van der Waals surface area (Å²) < 4.78 is 0. The van der Waals surface area contributed by atoms with Crippen molar-refractivity contribution in [1.82, 2.24) is 0 Å². The fraction of sp³-hybridized carbons (Fsp3) is 1.00. The van der Waals surface area contributed by atoms with Gasteiger partial charge in [-0.3, -0.25) is 0 Å². The Balaban J connectivity index is 2.58. The van der Waals surface area contributed by atoms with Gasteiger partial charge in [0.25, 0.3) is 0 Å². The van der Waals surface area contributed by atoms with Crippen LogP contribution in [0.15, 0.2) is 0 Å². The van der Waals surface area contributed by atoms with Crippen molar-refractivity contribution in [3.05, 3.63) is 0 Å². The first kappa shape index (κ1) is 10.0. The van der Waals surface area contributed by atoms with E-state index in [1.807, 2.05) is 6.92 Å². The maximum atomic E-state index is 9.73. The molecule has 72 valence electrons. The van der Waals surface area contributed by atoms with E-state index in [1.165, 1.54) is 0 Å². The molecule has 2 heteroatoms. The number of hydrogen-bond acceptors (Lipinski definition) is 2. The molecule has 1 fully saturated rings. The lowest BCUT2D eigenvalue weighted by molar-refractivity contribution is -0.0832. The normalized spacial score (nSPS) is 43.5. The highest BCUT2D eigenvalue weighted by molar-refractivity contribution is 4.86. The highest BCUT2D eigenvalue weighted by atomic mass is 16.3. The summed E-state index contributed by atoms with van der Waals surface area (Å²) in [5.74, 6) is 1.02. The Morgan fingerprint density at radius 3 is 2.17 bits per heavy atom. The van der Waals surface area contributed by atoms with Gasteiger partial charge >= 0.3 is 0 Å². The van der Waals surface area contributed by atoms with Gasteiger partial charge in [0, 0.05) is 0 Å². The Morgan fingerprint density at radius 2 is 1.67 bits per heavy atom. The van der Waals surface area contributed by atoms with Crippen LogP contribution in [-0.2, 0) is 0 Å². The van der Waals surface area contributed by atoms with Gasteiger partial charge in [0.05, 0.1) is 12.2 Å². The predicted octanol–water partition coefficient (Wildman–Crippen LogP) is 1.41. The van der Waals surface area contributed by atoms with Crippen molar-refractivity contribution in [2.45, 2.75) is 45.8 Å². The molecule has 4 atom stereocenters. The lowest BCUT2D eigenvalue weighted by atomic mass is 9.74. The van der Waals surface area contributed by atoms with Crippen LogP contribution < -0.4 is 0 Å². The van der Waals surface area contributed by atoms with Gasteiger partial charge in [-0.25, -0.2) is 0 Å². The largest absolute Gasteiger partial charge is 0.390 e.